The zero-order valence-electron chi connectivity index (χ0n) is 16.6. The minimum Gasteiger partial charge on any atom is -0.382 e. The van der Waals surface area contributed by atoms with Gasteiger partial charge in [0.2, 0.25) is 0 Å². The van der Waals surface area contributed by atoms with Crippen molar-refractivity contribution in [3.63, 3.8) is 0 Å². The van der Waals surface area contributed by atoms with Crippen molar-refractivity contribution in [3.8, 4) is 0 Å². The first-order chi connectivity index (χ1) is 13.1. The molecule has 0 saturated heterocycles. The Balaban J connectivity index is 1.76. The van der Waals surface area contributed by atoms with Crippen LogP contribution in [0.15, 0.2) is 30.6 Å². The van der Waals surface area contributed by atoms with Gasteiger partial charge in [0.25, 0.3) is 0 Å². The summed E-state index contributed by atoms with van der Waals surface area (Å²) in [4.78, 5) is 13.6. The van der Waals surface area contributed by atoms with Crippen molar-refractivity contribution in [2.24, 2.45) is 0 Å². The number of rotatable bonds is 9. The predicted octanol–water partition coefficient (Wildman–Crippen LogP) is 3.69. The molecule has 6 heteroatoms. The molecule has 0 spiro atoms. The van der Waals surface area contributed by atoms with Crippen LogP contribution in [0.5, 0.6) is 0 Å². The average Bonchev–Trinajstić information content (AvgIpc) is 3.05. The molecule has 2 heterocycles. The molecule has 0 unspecified atom stereocenters. The van der Waals surface area contributed by atoms with E-state index in [2.05, 4.69) is 64.9 Å². The van der Waals surface area contributed by atoms with Crippen LogP contribution in [0.25, 0.3) is 11.2 Å². The van der Waals surface area contributed by atoms with Gasteiger partial charge in [0.05, 0.1) is 12.9 Å². The molecule has 0 fully saturated rings. The Morgan fingerprint density at radius 1 is 1.07 bits per heavy atom. The van der Waals surface area contributed by atoms with E-state index in [-0.39, 0.29) is 0 Å². The fourth-order valence-electron chi connectivity index (χ4n) is 3.05. The number of benzene rings is 1. The average molecular weight is 367 g/mol. The number of fused-ring (bicyclic) bond motifs is 1. The highest BCUT2D eigenvalue weighted by Crippen LogP contribution is 2.18. The SMILES string of the molecule is CCCCCc1nc(N)c2ncn(Cc3ccc(CNC(C)C)cc3)c2n1. The Labute approximate surface area is 161 Å². The lowest BCUT2D eigenvalue weighted by Crippen LogP contribution is -2.21. The lowest BCUT2D eigenvalue weighted by atomic mass is 10.1. The Kier molecular flexibility index (Phi) is 6.40. The van der Waals surface area contributed by atoms with Gasteiger partial charge in [-0.1, -0.05) is 57.9 Å². The van der Waals surface area contributed by atoms with Gasteiger partial charge in [-0.3, -0.25) is 0 Å². The number of aromatic nitrogens is 4. The first-order valence-corrected chi connectivity index (χ1v) is 9.85. The lowest BCUT2D eigenvalue weighted by molar-refractivity contribution is 0.588. The van der Waals surface area contributed by atoms with Gasteiger partial charge in [0.15, 0.2) is 11.5 Å². The summed E-state index contributed by atoms with van der Waals surface area (Å²) in [6, 6.07) is 9.15. The molecule has 0 aliphatic rings. The summed E-state index contributed by atoms with van der Waals surface area (Å²) in [6.07, 6.45) is 6.11. The van der Waals surface area contributed by atoms with E-state index in [0.29, 0.717) is 17.4 Å². The number of nitrogens with one attached hydrogen (secondary N) is 1. The Morgan fingerprint density at radius 3 is 2.52 bits per heavy atom. The summed E-state index contributed by atoms with van der Waals surface area (Å²) in [5, 5.41) is 3.44. The normalized spacial score (nSPS) is 11.6. The molecule has 1 aromatic carbocycles. The number of nitrogens with two attached hydrogens (primary N) is 1. The van der Waals surface area contributed by atoms with Crippen LogP contribution in [0.4, 0.5) is 5.82 Å². The molecule has 0 atom stereocenters. The van der Waals surface area contributed by atoms with Crippen molar-refractivity contribution < 1.29 is 0 Å². The molecule has 144 valence electrons. The summed E-state index contributed by atoms with van der Waals surface area (Å²) >= 11 is 0. The zero-order chi connectivity index (χ0) is 19.2. The van der Waals surface area contributed by atoms with E-state index in [1.165, 1.54) is 24.0 Å². The molecular weight excluding hydrogens is 336 g/mol. The maximum Gasteiger partial charge on any atom is 0.166 e. The van der Waals surface area contributed by atoms with Gasteiger partial charge in [-0.25, -0.2) is 15.0 Å². The number of hydrogen-bond donors (Lipinski definition) is 2. The Morgan fingerprint density at radius 2 is 1.81 bits per heavy atom. The zero-order valence-corrected chi connectivity index (χ0v) is 16.6. The number of anilines is 1. The second-order valence-electron chi connectivity index (χ2n) is 7.38. The largest absolute Gasteiger partial charge is 0.382 e. The van der Waals surface area contributed by atoms with E-state index in [0.717, 1.165) is 37.4 Å². The van der Waals surface area contributed by atoms with E-state index in [1.54, 1.807) is 6.33 Å². The third kappa shape index (κ3) is 5.04. The van der Waals surface area contributed by atoms with Crippen molar-refractivity contribution in [2.45, 2.75) is 65.6 Å². The molecule has 2 aromatic heterocycles. The number of nitrogen functional groups attached to an aromatic ring is 1. The number of unbranched alkanes of at least 4 members (excludes halogenated alkanes) is 2. The van der Waals surface area contributed by atoms with Crippen LogP contribution >= 0.6 is 0 Å². The molecule has 0 radical (unpaired) electrons. The van der Waals surface area contributed by atoms with Crippen LogP contribution in [0, 0.1) is 0 Å². The van der Waals surface area contributed by atoms with E-state index >= 15 is 0 Å². The van der Waals surface area contributed by atoms with E-state index in [4.69, 9.17) is 10.7 Å². The number of hydrogen-bond acceptors (Lipinski definition) is 5. The third-order valence-corrected chi connectivity index (χ3v) is 4.63. The molecule has 0 bridgehead atoms. The minimum absolute atomic E-state index is 0.473. The highest BCUT2D eigenvalue weighted by atomic mass is 15.1. The van der Waals surface area contributed by atoms with Gasteiger partial charge in [0.1, 0.15) is 11.3 Å². The van der Waals surface area contributed by atoms with Crippen LogP contribution in [-0.4, -0.2) is 25.6 Å². The van der Waals surface area contributed by atoms with Crippen molar-refractivity contribution in [1.29, 1.82) is 0 Å². The predicted molar refractivity (Wildman–Crippen MR) is 110 cm³/mol. The molecule has 0 aliphatic heterocycles. The van der Waals surface area contributed by atoms with E-state index in [1.807, 2.05) is 0 Å². The fourth-order valence-corrected chi connectivity index (χ4v) is 3.05. The summed E-state index contributed by atoms with van der Waals surface area (Å²) < 4.78 is 2.05. The standard InChI is InChI=1S/C21H30N6/c1-4-5-6-7-18-25-20(22)19-21(26-18)27(14-24-19)13-17-10-8-16(9-11-17)12-23-15(2)3/h8-11,14-15,23H,4-7,12-13H2,1-3H3,(H2,22,25,26). The molecular formula is C21H30N6. The second kappa shape index (κ2) is 8.95. The van der Waals surface area contributed by atoms with Gasteiger partial charge in [-0.15, -0.1) is 0 Å². The van der Waals surface area contributed by atoms with Gasteiger partial charge in [-0.2, -0.15) is 0 Å². The molecule has 0 amide bonds. The second-order valence-corrected chi connectivity index (χ2v) is 7.38. The summed E-state index contributed by atoms with van der Waals surface area (Å²) in [5.41, 5.74) is 10.1. The fraction of sp³-hybridized carbons (Fsp3) is 0.476. The molecule has 3 rings (SSSR count). The van der Waals surface area contributed by atoms with E-state index in [9.17, 15) is 0 Å². The minimum atomic E-state index is 0.473. The molecule has 3 aromatic rings. The van der Waals surface area contributed by atoms with Crippen LogP contribution in [0.2, 0.25) is 0 Å². The third-order valence-electron chi connectivity index (χ3n) is 4.63. The van der Waals surface area contributed by atoms with Crippen molar-refractivity contribution in [3.05, 3.63) is 47.5 Å². The number of nitrogens with zero attached hydrogens (tertiary/aromatic N) is 4. The summed E-state index contributed by atoms with van der Waals surface area (Å²) in [6.45, 7) is 8.11. The number of aryl methyl sites for hydroxylation is 1. The van der Waals surface area contributed by atoms with Crippen LogP contribution in [0.1, 0.15) is 57.0 Å². The number of imidazole rings is 1. The van der Waals surface area contributed by atoms with Crippen LogP contribution < -0.4 is 11.1 Å². The highest BCUT2D eigenvalue weighted by molar-refractivity contribution is 5.81. The van der Waals surface area contributed by atoms with Crippen molar-refractivity contribution in [2.75, 3.05) is 5.73 Å². The van der Waals surface area contributed by atoms with Gasteiger partial charge in [-0.05, 0) is 17.5 Å². The first kappa shape index (κ1) is 19.3. The van der Waals surface area contributed by atoms with Crippen molar-refractivity contribution in [1.82, 2.24) is 24.8 Å². The molecule has 27 heavy (non-hydrogen) atoms. The smallest absolute Gasteiger partial charge is 0.166 e. The maximum atomic E-state index is 6.11. The van der Waals surface area contributed by atoms with E-state index < -0.39 is 0 Å². The van der Waals surface area contributed by atoms with Crippen LogP contribution in [0.3, 0.4) is 0 Å². The molecule has 0 saturated carbocycles. The molecule has 6 nitrogen and oxygen atoms in total. The van der Waals surface area contributed by atoms with Crippen molar-refractivity contribution >= 4 is 17.0 Å². The molecule has 0 aliphatic carbocycles. The lowest BCUT2D eigenvalue weighted by Gasteiger charge is -2.09. The van der Waals surface area contributed by atoms with Gasteiger partial charge in [0, 0.05) is 19.0 Å². The monoisotopic (exact) mass is 366 g/mol. The van der Waals surface area contributed by atoms with Gasteiger partial charge >= 0.3 is 0 Å². The van der Waals surface area contributed by atoms with Crippen LogP contribution in [-0.2, 0) is 19.5 Å². The molecule has 3 N–H and O–H groups in total. The highest BCUT2D eigenvalue weighted by Gasteiger charge is 2.11. The summed E-state index contributed by atoms with van der Waals surface area (Å²) in [7, 11) is 0. The van der Waals surface area contributed by atoms with Gasteiger partial charge < -0.3 is 15.6 Å². The first-order valence-electron chi connectivity index (χ1n) is 9.85. The summed E-state index contributed by atoms with van der Waals surface area (Å²) in [5.74, 6) is 1.28. The topological polar surface area (TPSA) is 81.6 Å². The Bertz CT molecular complexity index is 866. The Hall–Kier alpha value is -2.47. The quantitative estimate of drug-likeness (QED) is 0.565. The maximum absolute atomic E-state index is 6.11.